The average Bonchev–Trinajstić information content (AvgIpc) is 2.59. The smallest absolute Gasteiger partial charge is 0.274 e. The van der Waals surface area contributed by atoms with E-state index in [0.717, 1.165) is 29.0 Å². The van der Waals surface area contributed by atoms with Crippen LogP contribution in [-0.4, -0.2) is 10.9 Å². The summed E-state index contributed by atoms with van der Waals surface area (Å²) in [6.45, 7) is 6.82. The van der Waals surface area contributed by atoms with Gasteiger partial charge < -0.3 is 10.6 Å². The van der Waals surface area contributed by atoms with E-state index >= 15 is 0 Å². The number of hydrogen-bond acceptors (Lipinski definition) is 3. The highest BCUT2D eigenvalue weighted by Gasteiger charge is 2.08. The molecule has 0 saturated carbocycles. The number of pyridine rings is 1. The van der Waals surface area contributed by atoms with Crippen molar-refractivity contribution in [2.75, 3.05) is 10.6 Å². The maximum atomic E-state index is 12.4. The third kappa shape index (κ3) is 4.70. The van der Waals surface area contributed by atoms with Crippen LogP contribution in [0.3, 0.4) is 0 Å². The Balaban J connectivity index is 1.62. The van der Waals surface area contributed by atoms with Crippen molar-refractivity contribution < 1.29 is 4.79 Å². The monoisotopic (exact) mass is 345 g/mol. The van der Waals surface area contributed by atoms with Gasteiger partial charge in [0.15, 0.2) is 0 Å². The molecule has 0 unspecified atom stereocenters. The molecule has 26 heavy (non-hydrogen) atoms. The molecule has 0 aliphatic carbocycles. The highest BCUT2D eigenvalue weighted by atomic mass is 16.1. The van der Waals surface area contributed by atoms with Crippen LogP contribution in [0.15, 0.2) is 60.8 Å². The van der Waals surface area contributed by atoms with Gasteiger partial charge in [-0.25, -0.2) is 4.98 Å². The number of benzene rings is 2. The quantitative estimate of drug-likeness (QED) is 0.693. The molecule has 0 spiro atoms. The Hall–Kier alpha value is -3.14. The maximum Gasteiger partial charge on any atom is 0.274 e. The van der Waals surface area contributed by atoms with Crippen molar-refractivity contribution in [2.24, 2.45) is 0 Å². The fourth-order valence-corrected chi connectivity index (χ4v) is 2.90. The molecule has 0 bridgehead atoms. The molecule has 0 saturated heterocycles. The summed E-state index contributed by atoms with van der Waals surface area (Å²) in [4.78, 5) is 16.6. The molecular weight excluding hydrogens is 322 g/mol. The minimum absolute atomic E-state index is 0.208. The molecule has 4 nitrogen and oxygen atoms in total. The Morgan fingerprint density at radius 3 is 2.31 bits per heavy atom. The molecule has 0 aliphatic rings. The second kappa shape index (κ2) is 7.83. The van der Waals surface area contributed by atoms with Gasteiger partial charge in [0.1, 0.15) is 5.69 Å². The van der Waals surface area contributed by atoms with E-state index < -0.39 is 0 Å². The van der Waals surface area contributed by atoms with Crippen molar-refractivity contribution >= 4 is 17.3 Å². The Morgan fingerprint density at radius 1 is 0.885 bits per heavy atom. The molecule has 1 heterocycles. The zero-order chi connectivity index (χ0) is 18.5. The van der Waals surface area contributed by atoms with E-state index in [1.165, 1.54) is 11.1 Å². The van der Waals surface area contributed by atoms with Crippen LogP contribution in [0.25, 0.3) is 0 Å². The summed E-state index contributed by atoms with van der Waals surface area (Å²) in [5.74, 6) is -0.208. The summed E-state index contributed by atoms with van der Waals surface area (Å²) < 4.78 is 0. The van der Waals surface area contributed by atoms with E-state index in [2.05, 4.69) is 46.8 Å². The van der Waals surface area contributed by atoms with Gasteiger partial charge >= 0.3 is 0 Å². The lowest BCUT2D eigenvalue weighted by Crippen LogP contribution is -2.14. The van der Waals surface area contributed by atoms with Crippen LogP contribution in [0.4, 0.5) is 11.4 Å². The first-order chi connectivity index (χ1) is 12.5. The lowest BCUT2D eigenvalue weighted by Gasteiger charge is -2.09. The molecule has 3 aromatic rings. The summed E-state index contributed by atoms with van der Waals surface area (Å²) in [7, 11) is 0. The SMILES string of the molecule is Cc1cccc(CNc2ccc(C(=O)Nc3cc(C)cc(C)c3)nc2)c1. The first kappa shape index (κ1) is 17.7. The lowest BCUT2D eigenvalue weighted by molar-refractivity contribution is 0.102. The van der Waals surface area contributed by atoms with Gasteiger partial charge in [0, 0.05) is 12.2 Å². The summed E-state index contributed by atoms with van der Waals surface area (Å²) in [6.07, 6.45) is 1.69. The second-order valence-electron chi connectivity index (χ2n) is 6.61. The molecular formula is C22H23N3O. The number of amides is 1. The average molecular weight is 345 g/mol. The van der Waals surface area contributed by atoms with Crippen LogP contribution in [-0.2, 0) is 6.54 Å². The van der Waals surface area contributed by atoms with Crippen LogP contribution in [0, 0.1) is 20.8 Å². The Morgan fingerprint density at radius 2 is 1.65 bits per heavy atom. The molecule has 2 aromatic carbocycles. The predicted octanol–water partition coefficient (Wildman–Crippen LogP) is 4.87. The summed E-state index contributed by atoms with van der Waals surface area (Å²) >= 11 is 0. The minimum atomic E-state index is -0.208. The number of carbonyl (C=O) groups excluding carboxylic acids is 1. The first-order valence-corrected chi connectivity index (χ1v) is 8.65. The van der Waals surface area contributed by atoms with Gasteiger partial charge in [-0.3, -0.25) is 4.79 Å². The first-order valence-electron chi connectivity index (χ1n) is 8.65. The van der Waals surface area contributed by atoms with E-state index in [4.69, 9.17) is 0 Å². The fraction of sp³-hybridized carbons (Fsp3) is 0.182. The number of nitrogens with zero attached hydrogens (tertiary/aromatic N) is 1. The van der Waals surface area contributed by atoms with Crippen LogP contribution >= 0.6 is 0 Å². The van der Waals surface area contributed by atoms with E-state index in [0.29, 0.717) is 5.69 Å². The van der Waals surface area contributed by atoms with Crippen LogP contribution < -0.4 is 10.6 Å². The predicted molar refractivity (Wildman–Crippen MR) is 107 cm³/mol. The van der Waals surface area contributed by atoms with E-state index in [-0.39, 0.29) is 5.91 Å². The number of rotatable bonds is 5. The van der Waals surface area contributed by atoms with E-state index in [1.54, 1.807) is 12.3 Å². The number of aromatic nitrogens is 1. The molecule has 0 radical (unpaired) electrons. The van der Waals surface area contributed by atoms with Gasteiger partial charge in [0.05, 0.1) is 11.9 Å². The zero-order valence-corrected chi connectivity index (χ0v) is 15.3. The molecule has 0 atom stereocenters. The fourth-order valence-electron chi connectivity index (χ4n) is 2.90. The van der Waals surface area contributed by atoms with Gasteiger partial charge in [-0.05, 0) is 61.7 Å². The van der Waals surface area contributed by atoms with Gasteiger partial charge in [0.2, 0.25) is 0 Å². The summed E-state index contributed by atoms with van der Waals surface area (Å²) in [5.41, 5.74) is 6.74. The van der Waals surface area contributed by atoms with Gasteiger partial charge in [-0.15, -0.1) is 0 Å². The van der Waals surface area contributed by atoms with Crippen LogP contribution in [0.5, 0.6) is 0 Å². The second-order valence-corrected chi connectivity index (χ2v) is 6.61. The largest absolute Gasteiger partial charge is 0.380 e. The molecule has 2 N–H and O–H groups in total. The Kier molecular flexibility index (Phi) is 5.32. The van der Waals surface area contributed by atoms with Crippen molar-refractivity contribution in [1.82, 2.24) is 4.98 Å². The third-order valence-electron chi connectivity index (χ3n) is 4.05. The van der Waals surface area contributed by atoms with Gasteiger partial charge in [0.25, 0.3) is 5.91 Å². The Labute approximate surface area is 154 Å². The Bertz CT molecular complexity index is 897. The lowest BCUT2D eigenvalue weighted by atomic mass is 10.1. The van der Waals surface area contributed by atoms with Crippen molar-refractivity contribution in [3.8, 4) is 0 Å². The number of anilines is 2. The number of hydrogen-bond donors (Lipinski definition) is 2. The standard InChI is InChI=1S/C22H23N3O/c1-15-5-4-6-18(10-15)13-23-19-7-8-21(24-14-19)22(26)25-20-11-16(2)9-17(3)12-20/h4-12,14,23H,13H2,1-3H3,(H,25,26). The number of nitrogens with one attached hydrogen (secondary N) is 2. The zero-order valence-electron chi connectivity index (χ0n) is 15.3. The molecule has 0 aliphatic heterocycles. The maximum absolute atomic E-state index is 12.4. The van der Waals surface area contributed by atoms with Crippen LogP contribution in [0.2, 0.25) is 0 Å². The molecule has 1 aromatic heterocycles. The topological polar surface area (TPSA) is 54.0 Å². The molecule has 0 fully saturated rings. The molecule has 1 amide bonds. The highest BCUT2D eigenvalue weighted by Crippen LogP contribution is 2.15. The van der Waals surface area contributed by atoms with Crippen LogP contribution in [0.1, 0.15) is 32.7 Å². The van der Waals surface area contributed by atoms with E-state index in [1.807, 2.05) is 38.1 Å². The number of aryl methyl sites for hydroxylation is 3. The molecule has 3 rings (SSSR count). The van der Waals surface area contributed by atoms with Crippen molar-refractivity contribution in [3.05, 3.63) is 88.7 Å². The minimum Gasteiger partial charge on any atom is -0.380 e. The highest BCUT2D eigenvalue weighted by molar-refractivity contribution is 6.03. The van der Waals surface area contributed by atoms with Crippen molar-refractivity contribution in [1.29, 1.82) is 0 Å². The third-order valence-corrected chi connectivity index (χ3v) is 4.05. The molecule has 132 valence electrons. The van der Waals surface area contributed by atoms with Crippen molar-refractivity contribution in [3.63, 3.8) is 0 Å². The van der Waals surface area contributed by atoms with E-state index in [9.17, 15) is 4.79 Å². The summed E-state index contributed by atoms with van der Waals surface area (Å²) in [5, 5.41) is 6.23. The summed E-state index contributed by atoms with van der Waals surface area (Å²) in [6, 6.07) is 17.9. The van der Waals surface area contributed by atoms with Crippen molar-refractivity contribution in [2.45, 2.75) is 27.3 Å². The number of carbonyl (C=O) groups is 1. The molecule has 4 heteroatoms. The normalized spacial score (nSPS) is 10.4. The van der Waals surface area contributed by atoms with Gasteiger partial charge in [-0.1, -0.05) is 35.9 Å². The van der Waals surface area contributed by atoms with Gasteiger partial charge in [-0.2, -0.15) is 0 Å².